The fourth-order valence-corrected chi connectivity index (χ4v) is 3.43. The van der Waals surface area contributed by atoms with E-state index in [2.05, 4.69) is 10.1 Å². The average molecular weight is 343 g/mol. The van der Waals surface area contributed by atoms with Gasteiger partial charge in [-0.2, -0.15) is 4.98 Å². The van der Waals surface area contributed by atoms with Crippen molar-refractivity contribution in [3.8, 4) is 11.5 Å². The summed E-state index contributed by atoms with van der Waals surface area (Å²) >= 11 is 0. The highest BCUT2D eigenvalue weighted by molar-refractivity contribution is 5.95. The molecule has 25 heavy (non-hydrogen) atoms. The molecule has 2 fully saturated rings. The van der Waals surface area contributed by atoms with Crippen molar-refractivity contribution in [2.75, 3.05) is 19.8 Å². The maximum absolute atomic E-state index is 13.0. The average Bonchev–Trinajstić information content (AvgIpc) is 3.33. The van der Waals surface area contributed by atoms with E-state index >= 15 is 0 Å². The zero-order chi connectivity index (χ0) is 17.2. The van der Waals surface area contributed by atoms with Crippen LogP contribution in [-0.4, -0.2) is 53.0 Å². The lowest BCUT2D eigenvalue weighted by molar-refractivity contribution is -0.100. The van der Waals surface area contributed by atoms with Gasteiger partial charge in [-0.15, -0.1) is 0 Å². The molecule has 0 aliphatic carbocycles. The second-order valence-corrected chi connectivity index (χ2v) is 6.40. The molecule has 132 valence electrons. The zero-order valence-electron chi connectivity index (χ0n) is 14.2. The Balaban J connectivity index is 1.52. The van der Waals surface area contributed by atoms with Gasteiger partial charge in [0, 0.05) is 17.7 Å². The van der Waals surface area contributed by atoms with Gasteiger partial charge >= 0.3 is 0 Å². The Morgan fingerprint density at radius 1 is 1.16 bits per heavy atom. The van der Waals surface area contributed by atoms with Gasteiger partial charge in [0.2, 0.25) is 0 Å². The topological polar surface area (TPSA) is 77.7 Å². The molecule has 0 N–H and O–H groups in total. The van der Waals surface area contributed by atoms with Crippen LogP contribution in [0.15, 0.2) is 28.8 Å². The number of carbonyl (C=O) groups is 1. The van der Waals surface area contributed by atoms with Crippen molar-refractivity contribution in [2.45, 2.75) is 38.5 Å². The molecular weight excluding hydrogens is 322 g/mol. The van der Waals surface area contributed by atoms with Crippen LogP contribution in [0.1, 0.15) is 35.4 Å². The predicted molar refractivity (Wildman–Crippen MR) is 88.8 cm³/mol. The molecule has 1 aromatic carbocycles. The normalized spacial score (nSPS) is 21.6. The van der Waals surface area contributed by atoms with E-state index in [4.69, 9.17) is 14.0 Å². The molecule has 4 rings (SSSR count). The van der Waals surface area contributed by atoms with Crippen molar-refractivity contribution in [2.24, 2.45) is 0 Å². The lowest BCUT2D eigenvalue weighted by Crippen LogP contribution is -2.50. The predicted octanol–water partition coefficient (Wildman–Crippen LogP) is 2.41. The van der Waals surface area contributed by atoms with Crippen molar-refractivity contribution in [1.29, 1.82) is 0 Å². The Morgan fingerprint density at radius 3 is 2.60 bits per heavy atom. The Bertz CT molecular complexity index is 737. The molecule has 1 amide bonds. The van der Waals surface area contributed by atoms with E-state index < -0.39 is 0 Å². The fraction of sp³-hybridized carbons (Fsp3) is 0.500. The minimum atomic E-state index is -0.301. The van der Waals surface area contributed by atoms with Gasteiger partial charge in [0.1, 0.15) is 0 Å². The van der Waals surface area contributed by atoms with Crippen LogP contribution in [-0.2, 0) is 9.47 Å². The third-order valence-corrected chi connectivity index (χ3v) is 4.68. The number of amides is 1. The van der Waals surface area contributed by atoms with Crippen LogP contribution in [0.3, 0.4) is 0 Å². The molecule has 2 aromatic rings. The highest BCUT2D eigenvalue weighted by Crippen LogP contribution is 2.26. The van der Waals surface area contributed by atoms with E-state index in [1.807, 2.05) is 17.0 Å². The zero-order valence-corrected chi connectivity index (χ0v) is 14.2. The lowest BCUT2D eigenvalue weighted by Gasteiger charge is -2.38. The second kappa shape index (κ2) is 6.93. The quantitative estimate of drug-likeness (QED) is 0.852. The molecule has 2 aliphatic heterocycles. The Kier molecular flexibility index (Phi) is 4.50. The van der Waals surface area contributed by atoms with Crippen LogP contribution in [0.2, 0.25) is 0 Å². The van der Waals surface area contributed by atoms with E-state index in [-0.39, 0.29) is 18.2 Å². The first-order chi connectivity index (χ1) is 12.2. The van der Waals surface area contributed by atoms with Gasteiger partial charge in [-0.25, -0.2) is 0 Å². The van der Waals surface area contributed by atoms with Gasteiger partial charge in [-0.1, -0.05) is 5.16 Å². The molecule has 7 heteroatoms. The highest BCUT2D eigenvalue weighted by atomic mass is 16.7. The summed E-state index contributed by atoms with van der Waals surface area (Å²) in [7, 11) is 0. The van der Waals surface area contributed by atoms with Gasteiger partial charge in [0.05, 0.1) is 19.3 Å². The molecule has 1 unspecified atom stereocenters. The number of benzene rings is 1. The Hall–Kier alpha value is -2.25. The number of hydrogen-bond acceptors (Lipinski definition) is 6. The van der Waals surface area contributed by atoms with E-state index in [1.165, 1.54) is 0 Å². The third kappa shape index (κ3) is 3.29. The van der Waals surface area contributed by atoms with Crippen molar-refractivity contribution < 1.29 is 18.8 Å². The van der Waals surface area contributed by atoms with Gasteiger partial charge in [-0.3, -0.25) is 4.79 Å². The van der Waals surface area contributed by atoms with Crippen molar-refractivity contribution in [1.82, 2.24) is 15.0 Å². The molecule has 0 spiro atoms. The summed E-state index contributed by atoms with van der Waals surface area (Å²) in [5.41, 5.74) is 1.44. The van der Waals surface area contributed by atoms with Crippen LogP contribution in [0.25, 0.3) is 11.5 Å². The SMILES string of the molecule is Cc1noc(-c2ccc(C(=O)N3CCCCC3C3OCCO3)cc2)n1. The lowest BCUT2D eigenvalue weighted by atomic mass is 10.00. The molecule has 1 atom stereocenters. The van der Waals surface area contributed by atoms with Gasteiger partial charge < -0.3 is 18.9 Å². The van der Waals surface area contributed by atoms with Crippen LogP contribution in [0.5, 0.6) is 0 Å². The van der Waals surface area contributed by atoms with Crippen LogP contribution in [0, 0.1) is 6.92 Å². The largest absolute Gasteiger partial charge is 0.348 e. The van der Waals surface area contributed by atoms with Crippen molar-refractivity contribution >= 4 is 5.91 Å². The summed E-state index contributed by atoms with van der Waals surface area (Å²) in [5, 5.41) is 3.79. The van der Waals surface area contributed by atoms with Crippen LogP contribution >= 0.6 is 0 Å². The molecule has 0 bridgehead atoms. The smallest absolute Gasteiger partial charge is 0.257 e. The molecule has 3 heterocycles. The van der Waals surface area contributed by atoms with Crippen LogP contribution < -0.4 is 0 Å². The van der Waals surface area contributed by atoms with Gasteiger partial charge in [0.25, 0.3) is 11.8 Å². The monoisotopic (exact) mass is 343 g/mol. The van der Waals surface area contributed by atoms with Crippen LogP contribution in [0.4, 0.5) is 0 Å². The first-order valence-corrected chi connectivity index (χ1v) is 8.67. The van der Waals surface area contributed by atoms with E-state index in [0.29, 0.717) is 30.5 Å². The summed E-state index contributed by atoms with van der Waals surface area (Å²) in [6.07, 6.45) is 2.71. The Morgan fingerprint density at radius 2 is 1.92 bits per heavy atom. The summed E-state index contributed by atoms with van der Waals surface area (Å²) in [4.78, 5) is 19.1. The highest BCUT2D eigenvalue weighted by Gasteiger charge is 2.36. The number of piperidine rings is 1. The number of aryl methyl sites for hydroxylation is 1. The number of nitrogens with zero attached hydrogens (tertiary/aromatic N) is 3. The number of rotatable bonds is 3. The summed E-state index contributed by atoms with van der Waals surface area (Å²) < 4.78 is 16.5. The van der Waals surface area contributed by atoms with E-state index in [1.54, 1.807) is 19.1 Å². The minimum absolute atomic E-state index is 0.0112. The molecule has 2 aliphatic rings. The molecular formula is C18H21N3O4. The second-order valence-electron chi connectivity index (χ2n) is 6.40. The minimum Gasteiger partial charge on any atom is -0.348 e. The number of hydrogen-bond donors (Lipinski definition) is 0. The summed E-state index contributed by atoms with van der Waals surface area (Å²) in [6.45, 7) is 3.70. The summed E-state index contributed by atoms with van der Waals surface area (Å²) in [6, 6.07) is 7.27. The van der Waals surface area contributed by atoms with Crippen molar-refractivity contribution in [3.63, 3.8) is 0 Å². The van der Waals surface area contributed by atoms with E-state index in [9.17, 15) is 4.79 Å². The van der Waals surface area contributed by atoms with Gasteiger partial charge in [0.15, 0.2) is 12.1 Å². The number of aromatic nitrogens is 2. The molecule has 0 saturated carbocycles. The molecule has 1 aromatic heterocycles. The van der Waals surface area contributed by atoms with Gasteiger partial charge in [-0.05, 0) is 50.5 Å². The number of ether oxygens (including phenoxy) is 2. The molecule has 0 radical (unpaired) electrons. The Labute approximate surface area is 145 Å². The van der Waals surface area contributed by atoms with E-state index in [0.717, 1.165) is 31.4 Å². The maximum atomic E-state index is 13.0. The fourth-order valence-electron chi connectivity index (χ4n) is 3.43. The van der Waals surface area contributed by atoms with Crippen molar-refractivity contribution in [3.05, 3.63) is 35.7 Å². The number of carbonyl (C=O) groups excluding carboxylic acids is 1. The molecule has 2 saturated heterocycles. The maximum Gasteiger partial charge on any atom is 0.257 e. The standard InChI is InChI=1S/C18H21N3O4/c1-12-19-16(25-20-12)13-5-7-14(8-6-13)17(22)21-9-3-2-4-15(21)18-23-10-11-24-18/h5-8,15,18H,2-4,9-11H2,1H3. The first-order valence-electron chi connectivity index (χ1n) is 8.67. The molecule has 7 nitrogen and oxygen atoms in total. The number of likely N-dealkylation sites (tertiary alicyclic amines) is 1. The first kappa shape index (κ1) is 16.2. The third-order valence-electron chi connectivity index (χ3n) is 4.68. The summed E-state index contributed by atoms with van der Waals surface area (Å²) in [5.74, 6) is 1.06.